The second-order valence-corrected chi connectivity index (χ2v) is 4.33. The van der Waals surface area contributed by atoms with E-state index in [-0.39, 0.29) is 0 Å². The maximum atomic E-state index is 5.36. The predicted octanol–water partition coefficient (Wildman–Crippen LogP) is 1.23. The lowest BCUT2D eigenvalue weighted by Gasteiger charge is -2.39. The first-order valence-corrected chi connectivity index (χ1v) is 5.66. The zero-order chi connectivity index (χ0) is 11.5. The molecule has 1 aliphatic heterocycles. The topological polar surface area (TPSA) is 28.6 Å². The maximum Gasteiger partial charge on any atom is 0.171 e. The van der Waals surface area contributed by atoms with E-state index in [1.54, 1.807) is 7.11 Å². The van der Waals surface area contributed by atoms with E-state index in [0.29, 0.717) is 6.04 Å². The van der Waals surface area contributed by atoms with Crippen LogP contribution in [0.5, 0.6) is 5.75 Å². The number of ether oxygens (including phenoxy) is 1. The molecule has 1 saturated heterocycles. The van der Waals surface area contributed by atoms with Gasteiger partial charge in [-0.2, -0.15) is 0 Å². The number of pyridine rings is 1. The Bertz CT molecular complexity index is 356. The minimum absolute atomic E-state index is 0.475. The zero-order valence-corrected chi connectivity index (χ0v) is 10.2. The van der Waals surface area contributed by atoms with Crippen LogP contribution < -0.4 is 9.64 Å². The van der Waals surface area contributed by atoms with Gasteiger partial charge in [0.15, 0.2) is 11.6 Å². The molecule has 1 aliphatic rings. The third kappa shape index (κ3) is 2.11. The minimum Gasteiger partial charge on any atom is -0.493 e. The Morgan fingerprint density at radius 2 is 2.25 bits per heavy atom. The normalized spacial score (nSPS) is 22.2. The quantitative estimate of drug-likeness (QED) is 0.751. The van der Waals surface area contributed by atoms with E-state index in [2.05, 4.69) is 28.8 Å². The van der Waals surface area contributed by atoms with E-state index in [1.165, 1.54) is 0 Å². The fraction of sp³-hybridized carbons (Fsp3) is 0.583. The van der Waals surface area contributed by atoms with E-state index < -0.39 is 0 Å². The number of nitrogens with zero attached hydrogens (tertiary/aromatic N) is 3. The molecule has 0 aliphatic carbocycles. The van der Waals surface area contributed by atoms with Gasteiger partial charge in [0.25, 0.3) is 0 Å². The third-order valence-electron chi connectivity index (χ3n) is 3.07. The highest BCUT2D eigenvalue weighted by Gasteiger charge is 2.24. The van der Waals surface area contributed by atoms with Crippen LogP contribution in [0.2, 0.25) is 0 Å². The van der Waals surface area contributed by atoms with Crippen LogP contribution in [0.3, 0.4) is 0 Å². The second-order valence-electron chi connectivity index (χ2n) is 4.33. The van der Waals surface area contributed by atoms with Gasteiger partial charge in [-0.25, -0.2) is 4.98 Å². The Hall–Kier alpha value is -1.29. The number of piperazine rings is 1. The average Bonchev–Trinajstić information content (AvgIpc) is 2.29. The molecule has 88 valence electrons. The van der Waals surface area contributed by atoms with Crippen molar-refractivity contribution in [2.45, 2.75) is 13.0 Å². The highest BCUT2D eigenvalue weighted by atomic mass is 16.5. The highest BCUT2D eigenvalue weighted by Crippen LogP contribution is 2.27. The summed E-state index contributed by atoms with van der Waals surface area (Å²) >= 11 is 0. The van der Waals surface area contributed by atoms with Crippen molar-refractivity contribution in [1.29, 1.82) is 0 Å². The summed E-state index contributed by atoms with van der Waals surface area (Å²) in [4.78, 5) is 9.09. The third-order valence-corrected chi connectivity index (χ3v) is 3.07. The Kier molecular flexibility index (Phi) is 3.29. The largest absolute Gasteiger partial charge is 0.493 e. The maximum absolute atomic E-state index is 5.36. The number of hydrogen-bond acceptors (Lipinski definition) is 4. The van der Waals surface area contributed by atoms with E-state index in [1.807, 2.05) is 18.3 Å². The molecule has 0 radical (unpaired) electrons. The summed E-state index contributed by atoms with van der Waals surface area (Å²) in [5.74, 6) is 1.82. The number of anilines is 1. The molecule has 0 saturated carbocycles. The van der Waals surface area contributed by atoms with E-state index in [9.17, 15) is 0 Å². The monoisotopic (exact) mass is 221 g/mol. The van der Waals surface area contributed by atoms with Crippen LogP contribution in [0.15, 0.2) is 18.3 Å². The first-order chi connectivity index (χ1) is 7.72. The number of methoxy groups -OCH3 is 1. The van der Waals surface area contributed by atoms with Gasteiger partial charge in [0.1, 0.15) is 0 Å². The van der Waals surface area contributed by atoms with Crippen molar-refractivity contribution in [3.05, 3.63) is 18.3 Å². The van der Waals surface area contributed by atoms with Crippen LogP contribution in [0.1, 0.15) is 6.92 Å². The van der Waals surface area contributed by atoms with Crippen LogP contribution in [0.4, 0.5) is 5.82 Å². The molecule has 2 rings (SSSR count). The van der Waals surface area contributed by atoms with Crippen molar-refractivity contribution in [2.24, 2.45) is 0 Å². The average molecular weight is 221 g/mol. The first kappa shape index (κ1) is 11.2. The van der Waals surface area contributed by atoms with Crippen molar-refractivity contribution in [3.63, 3.8) is 0 Å². The van der Waals surface area contributed by atoms with Gasteiger partial charge in [-0.15, -0.1) is 0 Å². The molecular formula is C12H19N3O. The van der Waals surface area contributed by atoms with E-state index >= 15 is 0 Å². The molecule has 4 nitrogen and oxygen atoms in total. The lowest BCUT2D eigenvalue weighted by molar-refractivity contribution is 0.273. The lowest BCUT2D eigenvalue weighted by atomic mass is 10.2. The number of hydrogen-bond donors (Lipinski definition) is 0. The number of likely N-dealkylation sites (N-methyl/N-ethyl adjacent to an activating group) is 1. The molecule has 2 heterocycles. The van der Waals surface area contributed by atoms with E-state index in [0.717, 1.165) is 31.2 Å². The molecule has 1 unspecified atom stereocenters. The van der Waals surface area contributed by atoms with Gasteiger partial charge in [0.2, 0.25) is 0 Å². The van der Waals surface area contributed by atoms with Gasteiger partial charge in [0.05, 0.1) is 7.11 Å². The molecule has 1 fully saturated rings. The molecular weight excluding hydrogens is 202 g/mol. The van der Waals surface area contributed by atoms with Crippen LogP contribution in [-0.4, -0.2) is 49.7 Å². The predicted molar refractivity (Wildman–Crippen MR) is 65.1 cm³/mol. The summed E-state index contributed by atoms with van der Waals surface area (Å²) in [5.41, 5.74) is 0. The Labute approximate surface area is 96.8 Å². The van der Waals surface area contributed by atoms with E-state index in [4.69, 9.17) is 4.74 Å². The molecule has 0 aromatic carbocycles. The number of rotatable bonds is 2. The summed E-state index contributed by atoms with van der Waals surface area (Å²) in [7, 11) is 3.85. The van der Waals surface area contributed by atoms with Gasteiger partial charge in [-0.05, 0) is 26.1 Å². The van der Waals surface area contributed by atoms with Crippen molar-refractivity contribution < 1.29 is 4.74 Å². The SMILES string of the molecule is COc1cccnc1N1CCN(C)CC1C. The summed E-state index contributed by atoms with van der Waals surface area (Å²) in [6.07, 6.45) is 1.82. The van der Waals surface area contributed by atoms with Crippen LogP contribution in [0, 0.1) is 0 Å². The Morgan fingerprint density at radius 1 is 1.44 bits per heavy atom. The fourth-order valence-corrected chi connectivity index (χ4v) is 2.21. The molecule has 0 amide bonds. The molecule has 1 atom stereocenters. The standard InChI is InChI=1S/C12H19N3O/c1-10-9-14(2)7-8-15(10)12-11(16-3)5-4-6-13-12/h4-6,10H,7-9H2,1-3H3. The van der Waals surface area contributed by atoms with Crippen molar-refractivity contribution in [3.8, 4) is 5.75 Å². The highest BCUT2D eigenvalue weighted by molar-refractivity contribution is 5.53. The molecule has 0 spiro atoms. The molecule has 0 bridgehead atoms. The van der Waals surface area contributed by atoms with Crippen molar-refractivity contribution in [1.82, 2.24) is 9.88 Å². The fourth-order valence-electron chi connectivity index (χ4n) is 2.21. The van der Waals surface area contributed by atoms with Gasteiger partial charge < -0.3 is 14.5 Å². The van der Waals surface area contributed by atoms with Gasteiger partial charge in [0, 0.05) is 31.9 Å². The zero-order valence-electron chi connectivity index (χ0n) is 10.2. The summed E-state index contributed by atoms with van der Waals surface area (Å²) < 4.78 is 5.36. The Balaban J connectivity index is 2.23. The van der Waals surface area contributed by atoms with Crippen LogP contribution >= 0.6 is 0 Å². The minimum atomic E-state index is 0.475. The molecule has 1 aromatic heterocycles. The summed E-state index contributed by atoms with van der Waals surface area (Å²) in [6.45, 7) is 5.37. The molecule has 0 N–H and O–H groups in total. The van der Waals surface area contributed by atoms with Gasteiger partial charge in [-0.3, -0.25) is 0 Å². The smallest absolute Gasteiger partial charge is 0.171 e. The van der Waals surface area contributed by atoms with Gasteiger partial charge in [-0.1, -0.05) is 0 Å². The molecule has 4 heteroatoms. The molecule has 1 aromatic rings. The van der Waals surface area contributed by atoms with Crippen molar-refractivity contribution in [2.75, 3.05) is 38.7 Å². The van der Waals surface area contributed by atoms with Crippen LogP contribution in [0.25, 0.3) is 0 Å². The summed E-state index contributed by atoms with van der Waals surface area (Å²) in [6, 6.07) is 4.35. The van der Waals surface area contributed by atoms with Crippen LogP contribution in [-0.2, 0) is 0 Å². The number of aromatic nitrogens is 1. The lowest BCUT2D eigenvalue weighted by Crippen LogP contribution is -2.50. The second kappa shape index (κ2) is 4.70. The first-order valence-electron chi connectivity index (χ1n) is 5.66. The Morgan fingerprint density at radius 3 is 2.94 bits per heavy atom. The van der Waals surface area contributed by atoms with Gasteiger partial charge >= 0.3 is 0 Å². The van der Waals surface area contributed by atoms with Crippen molar-refractivity contribution >= 4 is 5.82 Å². The molecule has 16 heavy (non-hydrogen) atoms. The summed E-state index contributed by atoms with van der Waals surface area (Å²) in [5, 5.41) is 0.